The Kier molecular flexibility index (Phi) is 18.8. The van der Waals surface area contributed by atoms with Crippen molar-refractivity contribution in [2.75, 3.05) is 25.2 Å². The van der Waals surface area contributed by atoms with Gasteiger partial charge in [-0.3, -0.25) is 24.7 Å². The maximum absolute atomic E-state index is 12.7. The van der Waals surface area contributed by atoms with Crippen LogP contribution in [-0.4, -0.2) is 75.5 Å². The molecule has 50 heavy (non-hydrogen) atoms. The number of amides is 2. The first-order valence-electron chi connectivity index (χ1n) is 17.2. The van der Waals surface area contributed by atoms with Crippen LogP contribution < -0.4 is 16.1 Å². The van der Waals surface area contributed by atoms with Gasteiger partial charge < -0.3 is 20.8 Å². The molecule has 2 aromatic rings. The van der Waals surface area contributed by atoms with E-state index < -0.39 is 6.04 Å². The number of β-lactam (4-membered cyclic amide) rings is 1. The van der Waals surface area contributed by atoms with E-state index in [0.717, 1.165) is 60.5 Å². The third-order valence-electron chi connectivity index (χ3n) is 7.81. The van der Waals surface area contributed by atoms with Crippen LogP contribution in [0.25, 0.3) is 0 Å². The predicted octanol–water partition coefficient (Wildman–Crippen LogP) is 6.37. The molecular formula is C38H55N5O5S2. The molecule has 274 valence electrons. The second-order valence-electron chi connectivity index (χ2n) is 12.2. The van der Waals surface area contributed by atoms with Gasteiger partial charge in [-0.2, -0.15) is 5.10 Å². The van der Waals surface area contributed by atoms with Crippen LogP contribution in [0.3, 0.4) is 0 Å². The molecule has 4 rings (SSSR count). The lowest BCUT2D eigenvalue weighted by molar-refractivity contribution is -0.147. The lowest BCUT2D eigenvalue weighted by Gasteiger charge is -2.49. The maximum Gasteiger partial charge on any atom is 0.253 e. The number of hydrogen-bond acceptors (Lipinski definition) is 10. The molecule has 2 amide bonds. The molecule has 5 N–H and O–H groups in total. The zero-order valence-corrected chi connectivity index (χ0v) is 32.3. The van der Waals surface area contributed by atoms with Crippen LogP contribution in [0.1, 0.15) is 84.8 Å². The first-order chi connectivity index (χ1) is 24.0. The minimum atomic E-state index is -0.605. The molecule has 0 saturated carbocycles. The van der Waals surface area contributed by atoms with Crippen molar-refractivity contribution in [2.45, 2.75) is 90.0 Å². The Labute approximate surface area is 306 Å². The summed E-state index contributed by atoms with van der Waals surface area (Å²) in [4.78, 5) is 39.1. The van der Waals surface area contributed by atoms with E-state index in [1.807, 2.05) is 32.5 Å². The van der Waals surface area contributed by atoms with Gasteiger partial charge in [0.25, 0.3) is 5.91 Å². The average Bonchev–Trinajstić information content (AvgIpc) is 3.13. The van der Waals surface area contributed by atoms with Crippen LogP contribution in [-0.2, 0) is 14.4 Å². The smallest absolute Gasteiger partial charge is 0.253 e. The molecule has 0 spiro atoms. The number of hydrazone groups is 1. The number of carbonyl (C=O) groups is 3. The average molecular weight is 726 g/mol. The number of phenols is 1. The number of aromatic hydroxyl groups is 1. The molecule has 0 radical (unpaired) electrons. The zero-order chi connectivity index (χ0) is 37.2. The number of aliphatic hydroxyl groups is 1. The minimum absolute atomic E-state index is 0.144. The number of carbonyl (C=O) groups excluding carboxylic acids is 3. The highest BCUT2D eigenvalue weighted by molar-refractivity contribution is 8.00. The molecule has 2 aromatic carbocycles. The SMILES string of the molecule is CC/C=C(/NCCC)N/N=C(\C)c1ccc(SCC(C)C)cc1.CC[C@@H](C(=O)N[C@@H]1C(=O)N2C(C=O)=C(C)CS[C@H]12)c1ccc(O)cc1.CO. The Morgan fingerprint density at radius 2 is 1.76 bits per heavy atom. The highest BCUT2D eigenvalue weighted by atomic mass is 32.2. The number of phenolic OH excluding ortho intramolecular Hbond substituents is 1. The Bertz CT molecular complexity index is 1480. The number of aliphatic hydroxyl groups excluding tert-OH is 1. The van der Waals surface area contributed by atoms with E-state index in [-0.39, 0.29) is 28.9 Å². The predicted molar refractivity (Wildman–Crippen MR) is 207 cm³/mol. The molecular weight excluding hydrogens is 671 g/mol. The normalized spacial score (nSPS) is 17.7. The number of rotatable bonds is 15. The van der Waals surface area contributed by atoms with Crippen molar-refractivity contribution in [1.82, 2.24) is 21.0 Å². The number of hydrogen-bond donors (Lipinski definition) is 5. The number of nitrogens with one attached hydrogen (secondary N) is 3. The van der Waals surface area contributed by atoms with Crippen LogP contribution >= 0.6 is 23.5 Å². The number of benzene rings is 2. The number of aldehydes is 1. The molecule has 0 bridgehead atoms. The fraction of sp³-hybridized carbons (Fsp3) is 0.474. The Morgan fingerprint density at radius 3 is 2.32 bits per heavy atom. The summed E-state index contributed by atoms with van der Waals surface area (Å²) >= 11 is 3.46. The van der Waals surface area contributed by atoms with Crippen LogP contribution in [0.5, 0.6) is 5.75 Å². The summed E-state index contributed by atoms with van der Waals surface area (Å²) in [5, 5.41) is 26.9. The molecule has 3 atom stereocenters. The molecule has 12 heteroatoms. The summed E-state index contributed by atoms with van der Waals surface area (Å²) < 4.78 is 0. The monoisotopic (exact) mass is 725 g/mol. The van der Waals surface area contributed by atoms with Gasteiger partial charge in [-0.15, -0.1) is 23.5 Å². The van der Waals surface area contributed by atoms with Crippen LogP contribution in [0.2, 0.25) is 0 Å². The van der Waals surface area contributed by atoms with Crippen molar-refractivity contribution in [3.05, 3.63) is 82.8 Å². The van der Waals surface area contributed by atoms with Crippen LogP contribution in [0.4, 0.5) is 0 Å². The standard InChI is InChI=1S/C19H31N3S.C18H20N2O4S.CH4O/c1-6-8-19(20-13-7-2)22-21-16(5)17-9-11-18(12-10-17)23-14-15(3)4;1-3-13(11-4-6-12(22)7-5-11)16(23)19-15-17(24)20-14(8-21)10(2)9-25-18(15)20;1-2/h8-12,15,20,22H,6-7,13-14H2,1-5H3;4-8,13,15,18,22H,3,9H2,1-2H3,(H,19,23);2H,1H3/b19-8-,21-16+;;/t;13-,15-,18-;/m.1./s1. The molecule has 1 saturated heterocycles. The van der Waals surface area contributed by atoms with Crippen molar-refractivity contribution >= 4 is 47.3 Å². The van der Waals surface area contributed by atoms with E-state index in [1.54, 1.807) is 36.0 Å². The number of thioether (sulfide) groups is 2. The largest absolute Gasteiger partial charge is 0.508 e. The molecule has 10 nitrogen and oxygen atoms in total. The van der Waals surface area contributed by atoms with E-state index >= 15 is 0 Å². The lowest BCUT2D eigenvalue weighted by Crippen LogP contribution is -2.70. The topological polar surface area (TPSA) is 143 Å². The van der Waals surface area contributed by atoms with Gasteiger partial charge in [-0.1, -0.05) is 58.9 Å². The van der Waals surface area contributed by atoms with Gasteiger partial charge in [-0.05, 0) is 86.1 Å². The number of nitrogens with zero attached hydrogens (tertiary/aromatic N) is 2. The summed E-state index contributed by atoms with van der Waals surface area (Å²) in [5.74, 6) is 2.82. The van der Waals surface area contributed by atoms with Gasteiger partial charge >= 0.3 is 0 Å². The van der Waals surface area contributed by atoms with E-state index in [1.165, 1.54) is 9.80 Å². The second kappa shape index (κ2) is 22.2. The first-order valence-corrected chi connectivity index (χ1v) is 19.2. The highest BCUT2D eigenvalue weighted by Gasteiger charge is 2.52. The van der Waals surface area contributed by atoms with Crippen molar-refractivity contribution in [3.8, 4) is 5.75 Å². The van der Waals surface area contributed by atoms with Crippen molar-refractivity contribution in [3.63, 3.8) is 0 Å². The lowest BCUT2D eigenvalue weighted by atomic mass is 9.94. The first kappa shape index (κ1) is 42.4. The Hall–Kier alpha value is -3.74. The van der Waals surface area contributed by atoms with E-state index in [9.17, 15) is 19.5 Å². The molecule has 2 heterocycles. The third kappa shape index (κ3) is 12.2. The van der Waals surface area contributed by atoms with Crippen LogP contribution in [0, 0.1) is 5.92 Å². The van der Waals surface area contributed by atoms with E-state index in [2.05, 4.69) is 79.2 Å². The molecule has 0 aromatic heterocycles. The van der Waals surface area contributed by atoms with Crippen molar-refractivity contribution < 1.29 is 24.6 Å². The molecule has 2 aliphatic heterocycles. The zero-order valence-electron chi connectivity index (χ0n) is 30.7. The third-order valence-corrected chi connectivity index (χ3v) is 10.7. The maximum atomic E-state index is 12.7. The van der Waals surface area contributed by atoms with Crippen molar-refractivity contribution in [2.24, 2.45) is 11.0 Å². The molecule has 1 fully saturated rings. The summed E-state index contributed by atoms with van der Waals surface area (Å²) in [7, 11) is 1.00. The van der Waals surface area contributed by atoms with E-state index in [0.29, 0.717) is 30.1 Å². The summed E-state index contributed by atoms with van der Waals surface area (Å²) in [5.41, 5.74) is 7.38. The van der Waals surface area contributed by atoms with E-state index in [4.69, 9.17) is 5.11 Å². The Morgan fingerprint density at radius 1 is 1.10 bits per heavy atom. The van der Waals surface area contributed by atoms with Gasteiger partial charge in [0.15, 0.2) is 6.29 Å². The summed E-state index contributed by atoms with van der Waals surface area (Å²) in [6.45, 7) is 15.5. The fourth-order valence-corrected chi connectivity index (χ4v) is 7.26. The quantitative estimate of drug-likeness (QED) is 0.0466. The van der Waals surface area contributed by atoms with Gasteiger partial charge in [0.2, 0.25) is 5.91 Å². The second-order valence-corrected chi connectivity index (χ2v) is 14.4. The molecule has 0 aliphatic carbocycles. The van der Waals surface area contributed by atoms with Gasteiger partial charge in [0.1, 0.15) is 23.0 Å². The van der Waals surface area contributed by atoms with Gasteiger partial charge in [0.05, 0.1) is 17.3 Å². The summed E-state index contributed by atoms with van der Waals surface area (Å²) in [6.07, 6.45) is 5.50. The Balaban J connectivity index is 0.000000332. The summed E-state index contributed by atoms with van der Waals surface area (Å²) in [6, 6.07) is 14.6. The van der Waals surface area contributed by atoms with Crippen molar-refractivity contribution in [1.29, 1.82) is 0 Å². The fourth-order valence-electron chi connectivity index (χ4n) is 5.09. The number of fused-ring (bicyclic) bond motifs is 1. The minimum Gasteiger partial charge on any atom is -0.508 e. The highest BCUT2D eigenvalue weighted by Crippen LogP contribution is 2.39. The molecule has 0 unspecified atom stereocenters. The van der Waals surface area contributed by atoms with Gasteiger partial charge in [-0.25, -0.2) is 0 Å². The van der Waals surface area contributed by atoms with Crippen LogP contribution in [0.15, 0.2) is 81.7 Å². The molecule has 2 aliphatic rings. The van der Waals surface area contributed by atoms with Gasteiger partial charge in [0, 0.05) is 30.1 Å². The number of allylic oxidation sites excluding steroid dienone is 2.